The van der Waals surface area contributed by atoms with Crippen LogP contribution in [0.5, 0.6) is 0 Å². The minimum Gasteiger partial charge on any atom is -0.380 e. The third-order valence-corrected chi connectivity index (χ3v) is 3.66. The van der Waals surface area contributed by atoms with Crippen molar-refractivity contribution in [1.29, 1.82) is 0 Å². The smallest absolute Gasteiger partial charge is 0.256 e. The van der Waals surface area contributed by atoms with E-state index >= 15 is 0 Å². The predicted molar refractivity (Wildman–Crippen MR) is 72.0 cm³/mol. The van der Waals surface area contributed by atoms with Gasteiger partial charge in [0.1, 0.15) is 5.60 Å². The number of carbonyl (C=O) groups excluding carboxylic acids is 2. The number of benzene rings is 1. The molecule has 0 unspecified atom stereocenters. The number of hydrogen-bond acceptors (Lipinski definition) is 3. The van der Waals surface area contributed by atoms with Gasteiger partial charge in [-0.25, -0.2) is 0 Å². The Bertz CT molecular complexity index is 525. The van der Waals surface area contributed by atoms with Crippen molar-refractivity contribution in [3.05, 3.63) is 28.8 Å². The Balaban J connectivity index is 2.13. The largest absolute Gasteiger partial charge is 0.380 e. The van der Waals surface area contributed by atoms with Crippen molar-refractivity contribution in [2.45, 2.75) is 31.3 Å². The van der Waals surface area contributed by atoms with Gasteiger partial charge in [-0.1, -0.05) is 11.6 Å². The molecule has 102 valence electrons. The van der Waals surface area contributed by atoms with E-state index in [1.54, 1.807) is 0 Å². The number of nitrogens with one attached hydrogen (secondary N) is 1. The average Bonchev–Trinajstić information content (AvgIpc) is 2.77. The fourth-order valence-electron chi connectivity index (χ4n) is 2.23. The molecule has 0 heterocycles. The van der Waals surface area contributed by atoms with E-state index in [4.69, 9.17) is 17.3 Å². The van der Waals surface area contributed by atoms with E-state index in [0.717, 1.165) is 12.8 Å². The lowest BCUT2D eigenvalue weighted by atomic mass is 10.0. The normalized spacial score (nSPS) is 17.2. The number of amides is 2. The molecular formula is C13H15ClN2O3. The number of halogens is 1. The highest BCUT2D eigenvalue weighted by Gasteiger charge is 2.38. The fraction of sp³-hybridized carbons (Fsp3) is 0.385. The molecule has 0 bridgehead atoms. The van der Waals surface area contributed by atoms with Gasteiger partial charge >= 0.3 is 0 Å². The summed E-state index contributed by atoms with van der Waals surface area (Å²) in [6.07, 6.45) is 2.61. The van der Waals surface area contributed by atoms with Gasteiger partial charge in [0.05, 0.1) is 10.6 Å². The second-order valence-corrected chi connectivity index (χ2v) is 5.16. The van der Waals surface area contributed by atoms with Crippen molar-refractivity contribution in [2.24, 2.45) is 5.73 Å². The summed E-state index contributed by atoms with van der Waals surface area (Å²) in [5.41, 5.74) is 4.46. The molecule has 4 N–H and O–H groups in total. The first-order valence-electron chi connectivity index (χ1n) is 6.05. The van der Waals surface area contributed by atoms with Gasteiger partial charge in [-0.3, -0.25) is 9.59 Å². The molecule has 19 heavy (non-hydrogen) atoms. The van der Waals surface area contributed by atoms with Gasteiger partial charge in [-0.05, 0) is 43.9 Å². The molecule has 0 spiro atoms. The number of carbonyl (C=O) groups is 2. The maximum Gasteiger partial charge on any atom is 0.256 e. The monoisotopic (exact) mass is 282 g/mol. The van der Waals surface area contributed by atoms with Crippen LogP contribution in [0.25, 0.3) is 0 Å². The minimum atomic E-state index is -1.30. The number of hydrogen-bond donors (Lipinski definition) is 3. The van der Waals surface area contributed by atoms with Gasteiger partial charge in [0, 0.05) is 5.69 Å². The quantitative estimate of drug-likeness (QED) is 0.787. The molecule has 0 aliphatic heterocycles. The van der Waals surface area contributed by atoms with Gasteiger partial charge in [0.15, 0.2) is 0 Å². The number of primary amides is 1. The van der Waals surface area contributed by atoms with E-state index < -0.39 is 17.4 Å². The summed E-state index contributed by atoms with van der Waals surface area (Å²) < 4.78 is 0. The number of nitrogens with two attached hydrogens (primary N) is 1. The van der Waals surface area contributed by atoms with Crippen molar-refractivity contribution >= 4 is 29.1 Å². The van der Waals surface area contributed by atoms with Crippen molar-refractivity contribution in [3.63, 3.8) is 0 Å². The lowest BCUT2D eigenvalue weighted by molar-refractivity contribution is -0.133. The number of anilines is 1. The van der Waals surface area contributed by atoms with E-state index in [9.17, 15) is 14.7 Å². The molecule has 0 radical (unpaired) electrons. The summed E-state index contributed by atoms with van der Waals surface area (Å²) in [6.45, 7) is 0. The van der Waals surface area contributed by atoms with Crippen LogP contribution in [-0.2, 0) is 4.79 Å². The van der Waals surface area contributed by atoms with Crippen LogP contribution < -0.4 is 11.1 Å². The Morgan fingerprint density at radius 2 is 1.95 bits per heavy atom. The van der Waals surface area contributed by atoms with Crippen molar-refractivity contribution in [3.8, 4) is 0 Å². The Hall–Kier alpha value is -1.59. The molecule has 1 aliphatic carbocycles. The zero-order chi connectivity index (χ0) is 14.0. The molecule has 2 amide bonds. The minimum absolute atomic E-state index is 0.170. The molecule has 5 nitrogen and oxygen atoms in total. The molecule has 1 aromatic carbocycles. The lowest BCUT2D eigenvalue weighted by Crippen LogP contribution is -2.40. The topological polar surface area (TPSA) is 92.4 Å². The van der Waals surface area contributed by atoms with Gasteiger partial charge in [0.25, 0.3) is 5.91 Å². The predicted octanol–water partition coefficient (Wildman–Crippen LogP) is 1.68. The van der Waals surface area contributed by atoms with E-state index in [-0.39, 0.29) is 10.6 Å². The van der Waals surface area contributed by atoms with Crippen LogP contribution in [0.3, 0.4) is 0 Å². The molecule has 0 atom stereocenters. The maximum atomic E-state index is 12.0. The Labute approximate surface area is 115 Å². The van der Waals surface area contributed by atoms with Crippen LogP contribution in [0.2, 0.25) is 5.02 Å². The van der Waals surface area contributed by atoms with Crippen molar-refractivity contribution < 1.29 is 14.7 Å². The second-order valence-electron chi connectivity index (χ2n) is 4.75. The third kappa shape index (κ3) is 2.88. The molecule has 1 aliphatic rings. The SMILES string of the molecule is NC(=O)c1ccc(NC(=O)C2(O)CCCC2)cc1Cl. The first-order chi connectivity index (χ1) is 8.92. The Kier molecular flexibility index (Phi) is 3.78. The summed E-state index contributed by atoms with van der Waals surface area (Å²) in [4.78, 5) is 23.0. The highest BCUT2D eigenvalue weighted by atomic mass is 35.5. The van der Waals surface area contributed by atoms with E-state index in [2.05, 4.69) is 5.32 Å². The van der Waals surface area contributed by atoms with Crippen LogP contribution in [0, 0.1) is 0 Å². The summed E-state index contributed by atoms with van der Waals surface area (Å²) in [5.74, 6) is -1.06. The van der Waals surface area contributed by atoms with Crippen LogP contribution in [-0.4, -0.2) is 22.5 Å². The highest BCUT2D eigenvalue weighted by Crippen LogP contribution is 2.31. The molecule has 1 fully saturated rings. The Morgan fingerprint density at radius 3 is 2.47 bits per heavy atom. The standard InChI is InChI=1S/C13H15ClN2O3/c14-10-7-8(3-4-9(10)11(15)17)16-12(18)13(19)5-1-2-6-13/h3-4,7,19H,1-2,5-6H2,(H2,15,17)(H,16,18). The van der Waals surface area contributed by atoms with Crippen LogP contribution in [0.15, 0.2) is 18.2 Å². The van der Waals surface area contributed by atoms with Gasteiger partial charge in [-0.15, -0.1) is 0 Å². The number of rotatable bonds is 3. The molecule has 0 aromatic heterocycles. The fourth-order valence-corrected chi connectivity index (χ4v) is 2.50. The van der Waals surface area contributed by atoms with Gasteiger partial charge in [-0.2, -0.15) is 0 Å². The second kappa shape index (κ2) is 5.19. The van der Waals surface area contributed by atoms with Crippen LogP contribution in [0.1, 0.15) is 36.0 Å². The summed E-state index contributed by atoms with van der Waals surface area (Å²) >= 11 is 5.89. The molecule has 2 rings (SSSR count). The van der Waals surface area contributed by atoms with E-state index in [1.807, 2.05) is 0 Å². The van der Waals surface area contributed by atoms with E-state index in [1.165, 1.54) is 18.2 Å². The first kappa shape index (κ1) is 13.8. The maximum absolute atomic E-state index is 12.0. The number of aliphatic hydroxyl groups is 1. The van der Waals surface area contributed by atoms with E-state index in [0.29, 0.717) is 18.5 Å². The Morgan fingerprint density at radius 1 is 1.32 bits per heavy atom. The third-order valence-electron chi connectivity index (χ3n) is 3.35. The zero-order valence-corrected chi connectivity index (χ0v) is 11.0. The molecule has 1 aromatic rings. The van der Waals surface area contributed by atoms with Gasteiger partial charge in [0.2, 0.25) is 5.91 Å². The summed E-state index contributed by atoms with van der Waals surface area (Å²) in [7, 11) is 0. The lowest BCUT2D eigenvalue weighted by Gasteiger charge is -2.21. The van der Waals surface area contributed by atoms with Gasteiger partial charge < -0.3 is 16.2 Å². The van der Waals surface area contributed by atoms with Crippen LogP contribution >= 0.6 is 11.6 Å². The highest BCUT2D eigenvalue weighted by molar-refractivity contribution is 6.34. The molecule has 1 saturated carbocycles. The van der Waals surface area contributed by atoms with Crippen LogP contribution in [0.4, 0.5) is 5.69 Å². The average molecular weight is 283 g/mol. The molecule has 0 saturated heterocycles. The summed E-state index contributed by atoms with van der Waals surface area (Å²) in [6, 6.07) is 4.42. The molecular weight excluding hydrogens is 268 g/mol. The summed E-state index contributed by atoms with van der Waals surface area (Å²) in [5, 5.41) is 12.9. The van der Waals surface area contributed by atoms with Crippen molar-refractivity contribution in [2.75, 3.05) is 5.32 Å². The van der Waals surface area contributed by atoms with Crippen molar-refractivity contribution in [1.82, 2.24) is 0 Å². The zero-order valence-electron chi connectivity index (χ0n) is 10.3. The molecule has 6 heteroatoms. The first-order valence-corrected chi connectivity index (χ1v) is 6.43.